The molecule has 2 N–H and O–H groups in total. The average Bonchev–Trinajstić information content (AvgIpc) is 3.48. The number of allylic oxidation sites excluding steroid dienone is 5. The van der Waals surface area contributed by atoms with E-state index in [0.29, 0.717) is 52.5 Å². The van der Waals surface area contributed by atoms with E-state index in [2.05, 4.69) is 33.7 Å². The molecule has 1 aliphatic rings. The summed E-state index contributed by atoms with van der Waals surface area (Å²) in [6.45, 7) is 4.87. The molecule has 9 heteroatoms. The van der Waals surface area contributed by atoms with Gasteiger partial charge in [-0.2, -0.15) is 20.7 Å². The molecule has 0 aliphatic carbocycles. The monoisotopic (exact) mass is 668 g/mol. The number of nitrogens with one attached hydrogen (secondary N) is 2. The number of unbranched alkanes of at least 4 members (excludes halogenated alkanes) is 17. The van der Waals surface area contributed by atoms with Gasteiger partial charge in [-0.05, 0) is 25.0 Å². The first-order chi connectivity index (χ1) is 23.8. The Labute approximate surface area is 291 Å². The van der Waals surface area contributed by atoms with Crippen molar-refractivity contribution in [1.82, 2.24) is 20.7 Å². The first kappa shape index (κ1) is 41.4. The van der Waals surface area contributed by atoms with Gasteiger partial charge >= 0.3 is 0 Å². The van der Waals surface area contributed by atoms with Gasteiger partial charge in [0.2, 0.25) is 0 Å². The third-order valence-electron chi connectivity index (χ3n) is 8.92. The van der Waals surface area contributed by atoms with E-state index in [9.17, 15) is 10.1 Å². The summed E-state index contributed by atoms with van der Waals surface area (Å²) in [6, 6.07) is 2.32. The Bertz CT molecular complexity index is 1030. The third kappa shape index (κ3) is 21.2. The van der Waals surface area contributed by atoms with Crippen molar-refractivity contribution in [3.05, 3.63) is 48.1 Å². The van der Waals surface area contributed by atoms with Crippen LogP contribution in [-0.2, 0) is 25.6 Å². The fourth-order valence-electron chi connectivity index (χ4n) is 6.02. The lowest BCUT2D eigenvalue weighted by atomic mass is 9.85. The van der Waals surface area contributed by atoms with Crippen molar-refractivity contribution in [2.24, 2.45) is 11.8 Å². The fraction of sp³-hybridized carbons (Fsp3) is 0.744. The highest BCUT2D eigenvalue weighted by atomic mass is 16.5. The van der Waals surface area contributed by atoms with Gasteiger partial charge in [0, 0.05) is 18.5 Å². The minimum Gasteiger partial charge on any atom is -0.379 e. The molecule has 0 saturated heterocycles. The Balaban J connectivity index is 1.53. The fourth-order valence-corrected chi connectivity index (χ4v) is 6.02. The third-order valence-corrected chi connectivity index (χ3v) is 8.92. The predicted octanol–water partition coefficient (Wildman–Crippen LogP) is 9.06. The van der Waals surface area contributed by atoms with E-state index in [4.69, 9.17) is 14.2 Å². The highest BCUT2D eigenvalue weighted by molar-refractivity contribution is 5.88. The topological polar surface area (TPSA) is 122 Å². The lowest BCUT2D eigenvalue weighted by Crippen LogP contribution is -2.30. The highest BCUT2D eigenvalue weighted by Gasteiger charge is 2.29. The lowest BCUT2D eigenvalue weighted by Gasteiger charge is -2.21. The summed E-state index contributed by atoms with van der Waals surface area (Å²) in [6.07, 6.45) is 36.1. The molecule has 0 spiro atoms. The summed E-state index contributed by atoms with van der Waals surface area (Å²) < 4.78 is 16.9. The maximum Gasteiger partial charge on any atom is 0.158 e. The highest BCUT2D eigenvalue weighted by Crippen LogP contribution is 2.24. The minimum absolute atomic E-state index is 0.0176. The van der Waals surface area contributed by atoms with Crippen LogP contribution >= 0.6 is 0 Å². The number of aromatic amines is 1. The number of ketones is 1. The predicted molar refractivity (Wildman–Crippen MR) is 193 cm³/mol. The Hall–Kier alpha value is -2.80. The first-order valence-corrected chi connectivity index (χ1v) is 19.1. The van der Waals surface area contributed by atoms with Crippen LogP contribution in [0.4, 0.5) is 0 Å². The molecule has 2 atom stereocenters. The maximum atomic E-state index is 13.6. The van der Waals surface area contributed by atoms with Crippen molar-refractivity contribution >= 4 is 5.78 Å². The molecule has 0 fully saturated rings. The normalized spacial score (nSPS) is 13.9. The second-order valence-electron chi connectivity index (χ2n) is 13.0. The molecule has 1 aliphatic heterocycles. The lowest BCUT2D eigenvalue weighted by molar-refractivity contribution is -0.125. The van der Waals surface area contributed by atoms with Crippen LogP contribution in [0.2, 0.25) is 0 Å². The number of nitrogens with zero attached hydrogens (tertiary/aromatic N) is 3. The van der Waals surface area contributed by atoms with Crippen LogP contribution < -0.4 is 5.32 Å². The van der Waals surface area contributed by atoms with Gasteiger partial charge in [0.05, 0.1) is 51.2 Å². The van der Waals surface area contributed by atoms with Gasteiger partial charge in [-0.3, -0.25) is 4.79 Å². The van der Waals surface area contributed by atoms with Crippen molar-refractivity contribution in [1.29, 1.82) is 5.26 Å². The molecule has 0 amide bonds. The second kappa shape index (κ2) is 30.3. The van der Waals surface area contributed by atoms with Crippen LogP contribution in [0.3, 0.4) is 0 Å². The maximum absolute atomic E-state index is 13.6. The summed E-state index contributed by atoms with van der Waals surface area (Å²) in [5, 5.41) is 23.4. The van der Waals surface area contributed by atoms with Crippen molar-refractivity contribution in [3.8, 4) is 6.07 Å². The quantitative estimate of drug-likeness (QED) is 0.0712. The number of nitriles is 1. The minimum atomic E-state index is -0.601. The zero-order chi connectivity index (χ0) is 34.2. The molecule has 2 heterocycles. The number of ether oxygens (including phenoxy) is 3. The molecule has 270 valence electrons. The van der Waals surface area contributed by atoms with E-state index >= 15 is 0 Å². The average molecular weight is 668 g/mol. The van der Waals surface area contributed by atoms with E-state index in [1.807, 2.05) is 30.5 Å². The van der Waals surface area contributed by atoms with Crippen LogP contribution in [0.1, 0.15) is 141 Å². The summed E-state index contributed by atoms with van der Waals surface area (Å²) >= 11 is 0. The van der Waals surface area contributed by atoms with Gasteiger partial charge in [0.25, 0.3) is 0 Å². The molecule has 2 unspecified atom stereocenters. The summed E-state index contributed by atoms with van der Waals surface area (Å²) in [5.41, 5.74) is 1.56. The molecular formula is C39H65N5O4. The molecule has 0 bridgehead atoms. The van der Waals surface area contributed by atoms with Crippen molar-refractivity contribution in [3.63, 3.8) is 0 Å². The van der Waals surface area contributed by atoms with Gasteiger partial charge in [-0.15, -0.1) is 0 Å². The smallest absolute Gasteiger partial charge is 0.158 e. The number of rotatable bonds is 33. The van der Waals surface area contributed by atoms with Crippen LogP contribution in [0, 0.1) is 23.2 Å². The second-order valence-corrected chi connectivity index (χ2v) is 13.0. The molecule has 0 radical (unpaired) electrons. The summed E-state index contributed by atoms with van der Waals surface area (Å²) in [5.74, 6) is -1.03. The molecule has 1 aromatic rings. The van der Waals surface area contributed by atoms with Gasteiger partial charge < -0.3 is 19.5 Å². The molecular weight excluding hydrogens is 602 g/mol. The molecule has 1 aromatic heterocycles. The van der Waals surface area contributed by atoms with E-state index in [1.54, 1.807) is 6.20 Å². The number of carbonyl (C=O) groups excluding carboxylic acids is 1. The number of hydrogen-bond acceptors (Lipinski definition) is 8. The molecule has 0 saturated carbocycles. The number of aromatic nitrogens is 3. The Morgan fingerprint density at radius 3 is 1.85 bits per heavy atom. The number of Topliss-reactive ketones (excluding diaryl/α,β-unsaturated/α-hetero) is 1. The molecule has 9 nitrogen and oxygen atoms in total. The van der Waals surface area contributed by atoms with Crippen molar-refractivity contribution in [2.75, 3.05) is 33.0 Å². The van der Waals surface area contributed by atoms with Gasteiger partial charge in [0.15, 0.2) is 5.78 Å². The van der Waals surface area contributed by atoms with Gasteiger partial charge in [-0.25, -0.2) is 0 Å². The SMILES string of the molecule is CCCCCCCCCCCCCCCCCCCCC(C#N)C(=O)C(CCOCCOCCOCc1cn[nH]n1)C1=CC=CC=CN1. The Kier molecular flexibility index (Phi) is 26.1. The van der Waals surface area contributed by atoms with Crippen LogP contribution in [0.5, 0.6) is 0 Å². The number of H-pyrrole nitrogens is 1. The Morgan fingerprint density at radius 2 is 1.29 bits per heavy atom. The van der Waals surface area contributed by atoms with Gasteiger partial charge in [0.1, 0.15) is 11.6 Å². The zero-order valence-electron chi connectivity index (χ0n) is 30.0. The van der Waals surface area contributed by atoms with E-state index in [-0.39, 0.29) is 5.78 Å². The molecule has 2 rings (SSSR count). The summed E-state index contributed by atoms with van der Waals surface area (Å²) in [4.78, 5) is 13.6. The number of carbonyl (C=O) groups is 1. The first-order valence-electron chi connectivity index (χ1n) is 19.1. The largest absolute Gasteiger partial charge is 0.379 e. The Morgan fingerprint density at radius 1 is 0.729 bits per heavy atom. The van der Waals surface area contributed by atoms with Crippen LogP contribution in [-0.4, -0.2) is 54.2 Å². The van der Waals surface area contributed by atoms with E-state index < -0.39 is 11.8 Å². The van der Waals surface area contributed by atoms with Crippen LogP contribution in [0.15, 0.2) is 42.4 Å². The molecule has 48 heavy (non-hydrogen) atoms. The van der Waals surface area contributed by atoms with E-state index in [1.165, 1.54) is 103 Å². The van der Waals surface area contributed by atoms with E-state index in [0.717, 1.165) is 24.2 Å². The standard InChI is InChI=1S/C39H65N5O4/c1-2-3-4-5-6-7-8-9-10-11-12-13-14-15-16-17-18-20-23-35(32-40)39(45)37(38-24-21-19-22-26-41-38)25-27-46-28-29-47-30-31-48-34-36-33-42-44-43-36/h19,21-22,24,26,33,35,37,41H,2-18,20,23,25,27-31,34H2,1H3,(H,42,43,44). The van der Waals surface area contributed by atoms with Crippen molar-refractivity contribution in [2.45, 2.75) is 142 Å². The zero-order valence-corrected chi connectivity index (χ0v) is 30.0. The molecule has 0 aromatic carbocycles. The summed E-state index contributed by atoms with van der Waals surface area (Å²) in [7, 11) is 0. The van der Waals surface area contributed by atoms with Crippen LogP contribution in [0.25, 0.3) is 0 Å². The van der Waals surface area contributed by atoms with Crippen molar-refractivity contribution < 1.29 is 19.0 Å². The number of hydrogen-bond donors (Lipinski definition) is 2. The van der Waals surface area contributed by atoms with Gasteiger partial charge in [-0.1, -0.05) is 135 Å².